The predicted molar refractivity (Wildman–Crippen MR) is 126 cm³/mol. The van der Waals surface area contributed by atoms with E-state index in [4.69, 9.17) is 4.84 Å². The quantitative estimate of drug-likeness (QED) is 0.380. The Bertz CT molecular complexity index is 968. The van der Waals surface area contributed by atoms with Crippen LogP contribution in [0.5, 0.6) is 0 Å². The van der Waals surface area contributed by atoms with Gasteiger partial charge in [0, 0.05) is 49.8 Å². The maximum Gasteiger partial charge on any atom is 0.143 e. The summed E-state index contributed by atoms with van der Waals surface area (Å²) in [7, 11) is 0. The van der Waals surface area contributed by atoms with Crippen LogP contribution in [-0.2, 0) is 11.4 Å². The number of halogens is 2. The van der Waals surface area contributed by atoms with Crippen LogP contribution in [-0.4, -0.2) is 35.2 Å². The van der Waals surface area contributed by atoms with Crippen LogP contribution in [0.15, 0.2) is 78.2 Å². The third-order valence-corrected chi connectivity index (χ3v) is 6.09. The van der Waals surface area contributed by atoms with Crippen molar-refractivity contribution in [2.75, 3.05) is 19.6 Å². The van der Waals surface area contributed by atoms with Crippen LogP contribution in [0.25, 0.3) is 0 Å². The van der Waals surface area contributed by atoms with E-state index in [0.717, 1.165) is 67.7 Å². The van der Waals surface area contributed by atoms with Gasteiger partial charge in [0.05, 0.1) is 5.71 Å². The molecule has 0 amide bonds. The molecule has 1 aliphatic rings. The van der Waals surface area contributed by atoms with E-state index in [2.05, 4.69) is 15.0 Å². The van der Waals surface area contributed by atoms with Gasteiger partial charge in [-0.3, -0.25) is 4.98 Å². The molecule has 0 radical (unpaired) electrons. The molecule has 0 aliphatic carbocycles. The van der Waals surface area contributed by atoms with Crippen LogP contribution >= 0.6 is 0 Å². The molecule has 4 nitrogen and oxygen atoms in total. The number of oxime groups is 1. The molecule has 172 valence electrons. The van der Waals surface area contributed by atoms with E-state index in [9.17, 15) is 8.78 Å². The third-order valence-electron chi connectivity index (χ3n) is 6.09. The van der Waals surface area contributed by atoms with Gasteiger partial charge in [0.2, 0.25) is 0 Å². The number of benzene rings is 2. The third kappa shape index (κ3) is 6.93. The van der Waals surface area contributed by atoms with Gasteiger partial charge >= 0.3 is 0 Å². The Morgan fingerprint density at radius 3 is 2.12 bits per heavy atom. The summed E-state index contributed by atoms with van der Waals surface area (Å²) in [4.78, 5) is 12.0. The number of likely N-dealkylation sites (tertiary alicyclic amines) is 1. The topological polar surface area (TPSA) is 37.7 Å². The SMILES string of the molecule is Fc1ccc(C(CCCN2CCC(=NOCc3cccnc3)CC2)c2ccc(F)cc2)cc1. The smallest absolute Gasteiger partial charge is 0.143 e. The number of hydrogen-bond donors (Lipinski definition) is 0. The highest BCUT2D eigenvalue weighted by Gasteiger charge is 2.18. The monoisotopic (exact) mass is 449 g/mol. The molecule has 1 saturated heterocycles. The number of nitrogens with zero attached hydrogens (tertiary/aromatic N) is 3. The van der Waals surface area contributed by atoms with E-state index in [1.165, 1.54) is 24.3 Å². The molecule has 0 saturated carbocycles. The highest BCUT2D eigenvalue weighted by Crippen LogP contribution is 2.30. The van der Waals surface area contributed by atoms with Crippen LogP contribution in [0.2, 0.25) is 0 Å². The second-order valence-electron chi connectivity index (χ2n) is 8.43. The molecule has 0 atom stereocenters. The zero-order valence-electron chi connectivity index (χ0n) is 18.7. The van der Waals surface area contributed by atoms with Gasteiger partial charge in [0.1, 0.15) is 18.2 Å². The number of rotatable bonds is 9. The van der Waals surface area contributed by atoms with E-state index >= 15 is 0 Å². The number of aromatic nitrogens is 1. The Labute approximate surface area is 193 Å². The van der Waals surface area contributed by atoms with Crippen molar-refractivity contribution in [3.8, 4) is 0 Å². The van der Waals surface area contributed by atoms with Crippen LogP contribution in [0.4, 0.5) is 8.78 Å². The highest BCUT2D eigenvalue weighted by molar-refractivity contribution is 5.84. The minimum absolute atomic E-state index is 0.119. The Morgan fingerprint density at radius 1 is 0.909 bits per heavy atom. The maximum atomic E-state index is 13.4. The van der Waals surface area contributed by atoms with Crippen molar-refractivity contribution in [3.63, 3.8) is 0 Å². The van der Waals surface area contributed by atoms with Gasteiger partial charge in [-0.25, -0.2) is 8.78 Å². The van der Waals surface area contributed by atoms with Crippen LogP contribution in [0, 0.1) is 11.6 Å². The first kappa shape index (κ1) is 23.1. The number of pyridine rings is 1. The van der Waals surface area contributed by atoms with Gasteiger partial charge in [-0.1, -0.05) is 35.5 Å². The molecule has 33 heavy (non-hydrogen) atoms. The summed E-state index contributed by atoms with van der Waals surface area (Å²) in [5, 5.41) is 4.32. The molecule has 2 aromatic carbocycles. The molecule has 0 bridgehead atoms. The first-order valence-corrected chi connectivity index (χ1v) is 11.5. The van der Waals surface area contributed by atoms with Crippen molar-refractivity contribution in [2.45, 2.75) is 38.2 Å². The van der Waals surface area contributed by atoms with Crippen LogP contribution in [0.1, 0.15) is 48.3 Å². The summed E-state index contributed by atoms with van der Waals surface area (Å²) in [5.74, 6) is -0.368. The van der Waals surface area contributed by atoms with Crippen molar-refractivity contribution in [2.24, 2.45) is 5.16 Å². The second-order valence-corrected chi connectivity index (χ2v) is 8.43. The summed E-state index contributed by atoms with van der Waals surface area (Å²) in [6.45, 7) is 3.36. The molecular formula is C27H29F2N3O. The molecule has 0 spiro atoms. The zero-order valence-corrected chi connectivity index (χ0v) is 18.7. The molecule has 3 aromatic rings. The Balaban J connectivity index is 1.26. The largest absolute Gasteiger partial charge is 0.391 e. The lowest BCUT2D eigenvalue weighted by atomic mass is 9.87. The minimum Gasteiger partial charge on any atom is -0.391 e. The molecule has 2 heterocycles. The highest BCUT2D eigenvalue weighted by atomic mass is 19.1. The van der Waals surface area contributed by atoms with Crippen molar-refractivity contribution >= 4 is 5.71 Å². The second kappa shape index (κ2) is 11.7. The normalized spacial score (nSPS) is 14.5. The lowest BCUT2D eigenvalue weighted by Crippen LogP contribution is -2.34. The van der Waals surface area contributed by atoms with Crippen LogP contribution in [0.3, 0.4) is 0 Å². The zero-order chi connectivity index (χ0) is 22.9. The fourth-order valence-electron chi connectivity index (χ4n) is 4.24. The standard InChI is InChI=1S/C27H29F2N3O/c28-24-9-5-22(6-10-24)27(23-7-11-25(29)12-8-23)4-2-16-32-17-13-26(14-18-32)31-33-20-21-3-1-15-30-19-21/h1,3,5-12,15,19,27H,2,4,13-14,16-18,20H2. The fraction of sp³-hybridized carbons (Fsp3) is 0.333. The Kier molecular flexibility index (Phi) is 8.14. The van der Waals surface area contributed by atoms with Gasteiger partial charge in [-0.2, -0.15) is 0 Å². The molecule has 1 aliphatic heterocycles. The maximum absolute atomic E-state index is 13.4. The molecule has 1 fully saturated rings. The van der Waals surface area contributed by atoms with E-state index < -0.39 is 0 Å². The predicted octanol–water partition coefficient (Wildman–Crippen LogP) is 5.94. The van der Waals surface area contributed by atoms with E-state index in [-0.39, 0.29) is 17.6 Å². The van der Waals surface area contributed by atoms with E-state index in [1.807, 2.05) is 36.4 Å². The average Bonchev–Trinajstić information content (AvgIpc) is 2.85. The fourth-order valence-corrected chi connectivity index (χ4v) is 4.24. The number of hydrogen-bond acceptors (Lipinski definition) is 4. The molecule has 0 N–H and O–H groups in total. The Morgan fingerprint density at radius 2 is 1.55 bits per heavy atom. The average molecular weight is 450 g/mol. The van der Waals surface area contributed by atoms with E-state index in [1.54, 1.807) is 12.4 Å². The minimum atomic E-state index is -0.244. The van der Waals surface area contributed by atoms with Gasteiger partial charge < -0.3 is 9.74 Å². The molecule has 0 unspecified atom stereocenters. The van der Waals surface area contributed by atoms with Gasteiger partial charge in [0.25, 0.3) is 0 Å². The summed E-state index contributed by atoms with van der Waals surface area (Å²) < 4.78 is 26.8. The Hall–Kier alpha value is -3.12. The summed E-state index contributed by atoms with van der Waals surface area (Å²) in [6.07, 6.45) is 7.27. The van der Waals surface area contributed by atoms with Gasteiger partial charge in [0.15, 0.2) is 0 Å². The summed E-state index contributed by atoms with van der Waals surface area (Å²) >= 11 is 0. The molecule has 6 heteroatoms. The molecule has 4 rings (SSSR count). The van der Waals surface area contributed by atoms with Crippen molar-refractivity contribution in [1.29, 1.82) is 0 Å². The molecular weight excluding hydrogens is 420 g/mol. The van der Waals surface area contributed by atoms with Crippen LogP contribution < -0.4 is 0 Å². The first-order chi connectivity index (χ1) is 16.2. The van der Waals surface area contributed by atoms with Crippen molar-refractivity contribution in [1.82, 2.24) is 9.88 Å². The lowest BCUT2D eigenvalue weighted by Gasteiger charge is -2.28. The first-order valence-electron chi connectivity index (χ1n) is 11.5. The van der Waals surface area contributed by atoms with Gasteiger partial charge in [-0.15, -0.1) is 0 Å². The van der Waals surface area contributed by atoms with E-state index in [0.29, 0.717) is 6.61 Å². The van der Waals surface area contributed by atoms with Crippen molar-refractivity contribution in [3.05, 3.63) is 101 Å². The number of piperidine rings is 1. The van der Waals surface area contributed by atoms with Gasteiger partial charge in [-0.05, 0) is 60.8 Å². The summed E-state index contributed by atoms with van der Waals surface area (Å²) in [5.41, 5.74) is 4.23. The molecule has 1 aromatic heterocycles. The summed E-state index contributed by atoms with van der Waals surface area (Å²) in [6, 6.07) is 17.2. The lowest BCUT2D eigenvalue weighted by molar-refractivity contribution is 0.127. The van der Waals surface area contributed by atoms with Crippen molar-refractivity contribution < 1.29 is 13.6 Å².